The number of halogens is 1. The molecule has 0 aromatic heterocycles. The summed E-state index contributed by atoms with van der Waals surface area (Å²) in [7, 11) is -3.86. The zero-order valence-electron chi connectivity index (χ0n) is 11.4. The molecule has 118 valence electrons. The van der Waals surface area contributed by atoms with Gasteiger partial charge in [0.1, 0.15) is 0 Å². The fourth-order valence-corrected chi connectivity index (χ4v) is 4.10. The SMILES string of the molecule is CSC(CO)C(C)NS(=O)(=O)c1ccc(Br)c(C(=O)O)c1. The number of carbonyl (C=O) groups is 1. The average molecular weight is 398 g/mol. The van der Waals surface area contributed by atoms with Crippen molar-refractivity contribution < 1.29 is 23.4 Å². The highest BCUT2D eigenvalue weighted by Gasteiger charge is 2.24. The minimum atomic E-state index is -3.86. The fraction of sp³-hybridized carbons (Fsp3) is 0.417. The second-order valence-corrected chi connectivity index (χ2v) is 7.96. The van der Waals surface area contributed by atoms with Gasteiger partial charge in [0.15, 0.2) is 0 Å². The molecule has 0 radical (unpaired) electrons. The van der Waals surface area contributed by atoms with Crippen molar-refractivity contribution in [2.75, 3.05) is 12.9 Å². The summed E-state index contributed by atoms with van der Waals surface area (Å²) in [4.78, 5) is 10.9. The van der Waals surface area contributed by atoms with Gasteiger partial charge in [0, 0.05) is 15.8 Å². The number of carboxylic acids is 1. The molecule has 3 N–H and O–H groups in total. The van der Waals surface area contributed by atoms with Crippen LogP contribution in [0.15, 0.2) is 27.6 Å². The Bertz CT molecular complexity index is 616. The summed E-state index contributed by atoms with van der Waals surface area (Å²) < 4.78 is 27.3. The van der Waals surface area contributed by atoms with Gasteiger partial charge in [0.05, 0.1) is 17.1 Å². The van der Waals surface area contributed by atoms with E-state index in [0.29, 0.717) is 4.47 Å². The maximum atomic E-state index is 12.3. The lowest BCUT2D eigenvalue weighted by Gasteiger charge is -2.21. The van der Waals surface area contributed by atoms with E-state index < -0.39 is 22.0 Å². The predicted octanol–water partition coefficient (Wildman–Crippen LogP) is 1.54. The van der Waals surface area contributed by atoms with E-state index in [1.807, 2.05) is 0 Å². The molecule has 0 spiro atoms. The van der Waals surface area contributed by atoms with Crippen molar-refractivity contribution in [1.29, 1.82) is 0 Å². The number of sulfonamides is 1. The van der Waals surface area contributed by atoms with Crippen LogP contribution in [0.25, 0.3) is 0 Å². The van der Waals surface area contributed by atoms with Gasteiger partial charge in [-0.15, -0.1) is 0 Å². The lowest BCUT2D eigenvalue weighted by atomic mass is 10.2. The highest BCUT2D eigenvalue weighted by molar-refractivity contribution is 9.10. The third kappa shape index (κ3) is 4.68. The second kappa shape index (κ2) is 7.59. The van der Waals surface area contributed by atoms with Crippen molar-refractivity contribution in [1.82, 2.24) is 4.72 Å². The molecule has 0 saturated heterocycles. The molecule has 1 aromatic carbocycles. The smallest absolute Gasteiger partial charge is 0.336 e. The van der Waals surface area contributed by atoms with Crippen LogP contribution in [0.5, 0.6) is 0 Å². The van der Waals surface area contributed by atoms with E-state index in [9.17, 15) is 18.3 Å². The number of aliphatic hydroxyl groups is 1. The summed E-state index contributed by atoms with van der Waals surface area (Å²) in [5.74, 6) is -1.22. The number of aromatic carboxylic acids is 1. The quantitative estimate of drug-likeness (QED) is 0.644. The summed E-state index contributed by atoms with van der Waals surface area (Å²) in [5, 5.41) is 17.9. The summed E-state index contributed by atoms with van der Waals surface area (Å²) >= 11 is 4.41. The monoisotopic (exact) mass is 397 g/mol. The van der Waals surface area contributed by atoms with Crippen molar-refractivity contribution in [3.63, 3.8) is 0 Å². The first-order valence-corrected chi connectivity index (χ1v) is 9.48. The number of hydrogen-bond donors (Lipinski definition) is 3. The molecule has 0 amide bonds. The van der Waals surface area contributed by atoms with Gasteiger partial charge >= 0.3 is 5.97 Å². The zero-order valence-corrected chi connectivity index (χ0v) is 14.6. The first-order chi connectivity index (χ1) is 9.72. The fourth-order valence-electron chi connectivity index (χ4n) is 1.66. The normalized spacial score (nSPS) is 14.7. The van der Waals surface area contributed by atoms with E-state index in [2.05, 4.69) is 20.7 Å². The topological polar surface area (TPSA) is 104 Å². The van der Waals surface area contributed by atoms with E-state index in [1.165, 1.54) is 23.9 Å². The van der Waals surface area contributed by atoms with Crippen molar-refractivity contribution >= 4 is 43.7 Å². The van der Waals surface area contributed by atoms with Crippen LogP contribution in [0.2, 0.25) is 0 Å². The molecular weight excluding hydrogens is 382 g/mol. The number of benzene rings is 1. The third-order valence-corrected chi connectivity index (χ3v) is 6.27. The molecule has 21 heavy (non-hydrogen) atoms. The van der Waals surface area contributed by atoms with Gasteiger partial charge < -0.3 is 10.2 Å². The molecule has 0 heterocycles. The summed E-state index contributed by atoms with van der Waals surface area (Å²) in [6, 6.07) is 3.29. The number of carboxylic acid groups (broad SMARTS) is 1. The molecule has 0 aliphatic carbocycles. The van der Waals surface area contributed by atoms with Gasteiger partial charge in [-0.1, -0.05) is 0 Å². The van der Waals surface area contributed by atoms with Crippen LogP contribution in [-0.4, -0.2) is 48.8 Å². The predicted molar refractivity (Wildman–Crippen MR) is 85.3 cm³/mol. The van der Waals surface area contributed by atoms with Crippen LogP contribution in [0.4, 0.5) is 0 Å². The van der Waals surface area contributed by atoms with Crippen molar-refractivity contribution in [2.45, 2.75) is 23.1 Å². The van der Waals surface area contributed by atoms with E-state index in [-0.39, 0.29) is 22.3 Å². The average Bonchev–Trinajstić information content (AvgIpc) is 2.39. The lowest BCUT2D eigenvalue weighted by Crippen LogP contribution is -2.41. The van der Waals surface area contributed by atoms with Gasteiger partial charge in [0.2, 0.25) is 10.0 Å². The second-order valence-electron chi connectivity index (χ2n) is 4.31. The van der Waals surface area contributed by atoms with E-state index in [0.717, 1.165) is 6.07 Å². The van der Waals surface area contributed by atoms with Crippen molar-refractivity contribution in [2.24, 2.45) is 0 Å². The number of hydrogen-bond acceptors (Lipinski definition) is 5. The molecular formula is C12H16BrNO5S2. The van der Waals surface area contributed by atoms with Crippen molar-refractivity contribution in [3.05, 3.63) is 28.2 Å². The third-order valence-electron chi connectivity index (χ3n) is 2.86. The Kier molecular flexibility index (Phi) is 6.67. The Morgan fingerprint density at radius 2 is 2.10 bits per heavy atom. The minimum absolute atomic E-state index is 0.130. The van der Waals surface area contributed by atoms with E-state index in [4.69, 9.17) is 5.11 Å². The number of thioether (sulfide) groups is 1. The highest BCUT2D eigenvalue weighted by atomic mass is 79.9. The molecule has 0 aliphatic rings. The van der Waals surface area contributed by atoms with Gasteiger partial charge in [-0.05, 0) is 47.3 Å². The minimum Gasteiger partial charge on any atom is -0.478 e. The van der Waals surface area contributed by atoms with E-state index >= 15 is 0 Å². The highest BCUT2D eigenvalue weighted by Crippen LogP contribution is 2.22. The first-order valence-electron chi connectivity index (χ1n) is 5.91. The molecule has 0 fully saturated rings. The summed E-state index contributed by atoms with van der Waals surface area (Å²) in [6.45, 7) is 1.48. The molecule has 6 nitrogen and oxygen atoms in total. The Hall–Kier alpha value is -0.610. The standard InChI is InChI=1S/C12H16BrNO5S2/c1-7(11(6-15)20-2)14-21(18,19)8-3-4-10(13)9(5-8)12(16)17/h3-5,7,11,14-15H,6H2,1-2H3,(H,16,17). The lowest BCUT2D eigenvalue weighted by molar-refractivity contribution is 0.0695. The van der Waals surface area contributed by atoms with Gasteiger partial charge in [-0.3, -0.25) is 0 Å². The molecule has 0 saturated carbocycles. The number of aliphatic hydroxyl groups excluding tert-OH is 1. The molecule has 9 heteroatoms. The summed E-state index contributed by atoms with van der Waals surface area (Å²) in [5.41, 5.74) is -0.130. The van der Waals surface area contributed by atoms with Gasteiger partial charge in [-0.2, -0.15) is 11.8 Å². The number of rotatable bonds is 7. The Morgan fingerprint density at radius 1 is 1.48 bits per heavy atom. The molecule has 2 unspecified atom stereocenters. The van der Waals surface area contributed by atoms with Gasteiger partial charge in [-0.25, -0.2) is 17.9 Å². The van der Waals surface area contributed by atoms with Crippen LogP contribution >= 0.6 is 27.7 Å². The van der Waals surface area contributed by atoms with Crippen LogP contribution in [0.3, 0.4) is 0 Å². The maximum Gasteiger partial charge on any atom is 0.336 e. The van der Waals surface area contributed by atoms with Crippen LogP contribution in [-0.2, 0) is 10.0 Å². The van der Waals surface area contributed by atoms with E-state index in [1.54, 1.807) is 13.2 Å². The van der Waals surface area contributed by atoms with Crippen LogP contribution in [0.1, 0.15) is 17.3 Å². The van der Waals surface area contributed by atoms with Crippen molar-refractivity contribution in [3.8, 4) is 0 Å². The van der Waals surface area contributed by atoms with Crippen LogP contribution < -0.4 is 4.72 Å². The Morgan fingerprint density at radius 3 is 2.57 bits per heavy atom. The van der Waals surface area contributed by atoms with Gasteiger partial charge in [0.25, 0.3) is 0 Å². The molecule has 0 bridgehead atoms. The summed E-state index contributed by atoms with van der Waals surface area (Å²) in [6.07, 6.45) is 1.77. The Labute approximate surface area is 136 Å². The molecule has 1 aromatic rings. The largest absolute Gasteiger partial charge is 0.478 e. The Balaban J connectivity index is 3.09. The molecule has 0 aliphatic heterocycles. The number of nitrogens with one attached hydrogen (secondary N) is 1. The van der Waals surface area contributed by atoms with Crippen LogP contribution in [0, 0.1) is 0 Å². The maximum absolute atomic E-state index is 12.3. The first kappa shape index (κ1) is 18.4. The molecule has 1 rings (SSSR count). The molecule has 2 atom stereocenters. The zero-order chi connectivity index (χ0) is 16.2.